The van der Waals surface area contributed by atoms with Gasteiger partial charge in [0, 0.05) is 18.2 Å². The molecule has 1 aromatic heterocycles. The lowest BCUT2D eigenvalue weighted by Crippen LogP contribution is -2.37. The summed E-state index contributed by atoms with van der Waals surface area (Å²) in [4.78, 5) is 20.9. The van der Waals surface area contributed by atoms with Crippen LogP contribution in [0.4, 0.5) is 14.7 Å². The van der Waals surface area contributed by atoms with Gasteiger partial charge < -0.3 is 10.0 Å². The van der Waals surface area contributed by atoms with Crippen molar-refractivity contribution in [3.05, 3.63) is 17.5 Å². The van der Waals surface area contributed by atoms with Gasteiger partial charge in [-0.25, -0.2) is 23.5 Å². The number of anilines is 1. The number of hydrogen-bond acceptors (Lipinski definition) is 4. The average Bonchev–Trinajstić information content (AvgIpc) is 3.14. The van der Waals surface area contributed by atoms with Crippen molar-refractivity contribution in [1.29, 1.82) is 0 Å². The number of carboxylic acid groups (broad SMARTS) is 1. The maximum atomic E-state index is 12.9. The molecule has 0 spiro atoms. The Morgan fingerprint density at radius 2 is 2.10 bits per heavy atom. The molecule has 1 aliphatic carbocycles. The first-order valence-electron chi connectivity index (χ1n) is 6.72. The second-order valence-electron chi connectivity index (χ2n) is 5.28. The van der Waals surface area contributed by atoms with E-state index >= 15 is 0 Å². The number of hydrogen-bond donors (Lipinski definition) is 1. The van der Waals surface area contributed by atoms with E-state index in [0.717, 1.165) is 12.8 Å². The Hall–Kier alpha value is -1.79. The Bertz CT molecular complexity index is 514. The monoisotopic (exact) mass is 283 g/mol. The van der Waals surface area contributed by atoms with Crippen LogP contribution in [-0.4, -0.2) is 33.6 Å². The van der Waals surface area contributed by atoms with Crippen molar-refractivity contribution in [3.8, 4) is 0 Å². The summed E-state index contributed by atoms with van der Waals surface area (Å²) < 4.78 is 25.9. The lowest BCUT2D eigenvalue weighted by molar-refractivity contribution is -0.138. The minimum Gasteiger partial charge on any atom is -0.480 e. The largest absolute Gasteiger partial charge is 0.480 e. The van der Waals surface area contributed by atoms with Gasteiger partial charge in [-0.2, -0.15) is 0 Å². The van der Waals surface area contributed by atoms with Gasteiger partial charge in [0.1, 0.15) is 11.7 Å². The molecule has 108 valence electrons. The number of alkyl halides is 2. The van der Waals surface area contributed by atoms with Crippen molar-refractivity contribution >= 4 is 11.9 Å². The fourth-order valence-electron chi connectivity index (χ4n) is 2.56. The normalized spacial score (nSPS) is 22.6. The lowest BCUT2D eigenvalue weighted by Gasteiger charge is -2.22. The van der Waals surface area contributed by atoms with Crippen LogP contribution in [0.3, 0.4) is 0 Å². The Balaban J connectivity index is 1.97. The summed E-state index contributed by atoms with van der Waals surface area (Å²) in [6.07, 6.45) is 0.428. The van der Waals surface area contributed by atoms with Crippen LogP contribution < -0.4 is 4.90 Å². The molecule has 0 bridgehead atoms. The van der Waals surface area contributed by atoms with Crippen LogP contribution >= 0.6 is 0 Å². The molecule has 2 heterocycles. The third-order valence-electron chi connectivity index (χ3n) is 3.77. The molecule has 1 unspecified atom stereocenters. The third-order valence-corrected chi connectivity index (χ3v) is 3.77. The van der Waals surface area contributed by atoms with Crippen LogP contribution in [0.2, 0.25) is 0 Å². The van der Waals surface area contributed by atoms with Crippen LogP contribution in [0.5, 0.6) is 0 Å². The van der Waals surface area contributed by atoms with Crippen molar-refractivity contribution in [2.24, 2.45) is 0 Å². The zero-order valence-corrected chi connectivity index (χ0v) is 10.8. The van der Waals surface area contributed by atoms with E-state index in [1.54, 1.807) is 0 Å². The molecule has 3 rings (SSSR count). The minimum absolute atomic E-state index is 0.134. The first-order chi connectivity index (χ1) is 9.56. The van der Waals surface area contributed by atoms with Crippen molar-refractivity contribution < 1.29 is 18.7 Å². The fourth-order valence-corrected chi connectivity index (χ4v) is 2.56. The van der Waals surface area contributed by atoms with Gasteiger partial charge in [0.25, 0.3) is 6.43 Å². The van der Waals surface area contributed by atoms with E-state index in [-0.39, 0.29) is 17.6 Å². The van der Waals surface area contributed by atoms with Crippen LogP contribution in [0, 0.1) is 0 Å². The predicted octanol–water partition coefficient (Wildman–Crippen LogP) is 2.35. The summed E-state index contributed by atoms with van der Waals surface area (Å²) in [7, 11) is 0. The molecule has 0 amide bonds. The smallest absolute Gasteiger partial charge is 0.326 e. The first kappa shape index (κ1) is 13.2. The van der Waals surface area contributed by atoms with Crippen molar-refractivity contribution in [2.75, 3.05) is 11.4 Å². The molecule has 1 aromatic rings. The molecular formula is C13H15F2N3O2. The van der Waals surface area contributed by atoms with Crippen LogP contribution in [0.15, 0.2) is 6.07 Å². The molecule has 0 aromatic carbocycles. The van der Waals surface area contributed by atoms with Gasteiger partial charge in [-0.3, -0.25) is 0 Å². The SMILES string of the molecule is O=C(O)C1CCCN1c1nc(C(F)F)cc(C2CC2)n1. The highest BCUT2D eigenvalue weighted by molar-refractivity contribution is 5.78. The Labute approximate surface area is 114 Å². The van der Waals surface area contributed by atoms with Crippen molar-refractivity contribution in [2.45, 2.75) is 44.1 Å². The fraction of sp³-hybridized carbons (Fsp3) is 0.615. The number of aromatic nitrogens is 2. The number of carboxylic acids is 1. The summed E-state index contributed by atoms with van der Waals surface area (Å²) in [5.74, 6) is -0.601. The second-order valence-corrected chi connectivity index (χ2v) is 5.28. The molecule has 1 N–H and O–H groups in total. The number of carbonyl (C=O) groups is 1. The highest BCUT2D eigenvalue weighted by Crippen LogP contribution is 2.40. The molecule has 2 aliphatic rings. The Morgan fingerprint density at radius 1 is 1.35 bits per heavy atom. The molecule has 2 fully saturated rings. The van der Waals surface area contributed by atoms with E-state index in [1.165, 1.54) is 11.0 Å². The zero-order valence-electron chi connectivity index (χ0n) is 10.8. The molecule has 1 atom stereocenters. The maximum Gasteiger partial charge on any atom is 0.326 e. The van der Waals surface area contributed by atoms with Crippen molar-refractivity contribution in [3.63, 3.8) is 0 Å². The summed E-state index contributed by atoms with van der Waals surface area (Å²) in [5.41, 5.74) is 0.300. The minimum atomic E-state index is -2.67. The lowest BCUT2D eigenvalue weighted by atomic mass is 10.2. The van der Waals surface area contributed by atoms with Crippen LogP contribution in [0.25, 0.3) is 0 Å². The number of aliphatic carboxylic acids is 1. The summed E-state index contributed by atoms with van der Waals surface area (Å²) >= 11 is 0. The maximum absolute atomic E-state index is 12.9. The summed E-state index contributed by atoms with van der Waals surface area (Å²) in [5, 5.41) is 9.17. The number of rotatable bonds is 4. The predicted molar refractivity (Wildman–Crippen MR) is 67.0 cm³/mol. The molecule has 1 aliphatic heterocycles. The second kappa shape index (κ2) is 4.96. The van der Waals surface area contributed by atoms with Crippen LogP contribution in [0.1, 0.15) is 49.4 Å². The zero-order chi connectivity index (χ0) is 14.3. The highest BCUT2D eigenvalue weighted by atomic mass is 19.3. The standard InChI is InChI=1S/C13H15F2N3O2/c14-11(15)9-6-8(7-3-4-7)16-13(17-9)18-5-1-2-10(18)12(19)20/h6-7,10-11H,1-5H2,(H,19,20). The molecule has 7 heteroatoms. The molecule has 20 heavy (non-hydrogen) atoms. The van der Waals surface area contributed by atoms with Crippen LogP contribution in [-0.2, 0) is 4.79 Å². The quantitative estimate of drug-likeness (QED) is 0.918. The van der Waals surface area contributed by atoms with Gasteiger partial charge in [0.05, 0.1) is 0 Å². The number of nitrogens with zero attached hydrogens (tertiary/aromatic N) is 3. The van der Waals surface area contributed by atoms with Gasteiger partial charge in [0.15, 0.2) is 0 Å². The molecular weight excluding hydrogens is 268 g/mol. The molecule has 1 saturated carbocycles. The van der Waals surface area contributed by atoms with Gasteiger partial charge in [-0.1, -0.05) is 0 Å². The third kappa shape index (κ3) is 2.44. The van der Waals surface area contributed by atoms with E-state index < -0.39 is 18.4 Å². The summed E-state index contributed by atoms with van der Waals surface area (Å²) in [6, 6.07) is 0.632. The highest BCUT2D eigenvalue weighted by Gasteiger charge is 2.34. The summed E-state index contributed by atoms with van der Waals surface area (Å²) in [6.45, 7) is 0.494. The van der Waals surface area contributed by atoms with E-state index in [2.05, 4.69) is 9.97 Å². The van der Waals surface area contributed by atoms with E-state index in [0.29, 0.717) is 25.1 Å². The molecule has 5 nitrogen and oxygen atoms in total. The first-order valence-corrected chi connectivity index (χ1v) is 6.72. The van der Waals surface area contributed by atoms with E-state index in [9.17, 15) is 13.6 Å². The Kier molecular flexibility index (Phi) is 3.27. The Morgan fingerprint density at radius 3 is 2.70 bits per heavy atom. The molecule has 1 saturated heterocycles. The number of halogens is 2. The average molecular weight is 283 g/mol. The van der Waals surface area contributed by atoms with Gasteiger partial charge in [-0.15, -0.1) is 0 Å². The topological polar surface area (TPSA) is 66.3 Å². The van der Waals surface area contributed by atoms with E-state index in [4.69, 9.17) is 5.11 Å². The van der Waals surface area contributed by atoms with Crippen molar-refractivity contribution in [1.82, 2.24) is 9.97 Å². The molecule has 0 radical (unpaired) electrons. The van der Waals surface area contributed by atoms with Gasteiger partial charge in [-0.05, 0) is 31.7 Å². The van der Waals surface area contributed by atoms with Gasteiger partial charge in [0.2, 0.25) is 5.95 Å². The van der Waals surface area contributed by atoms with E-state index in [1.807, 2.05) is 0 Å². The van der Waals surface area contributed by atoms with Gasteiger partial charge >= 0.3 is 5.97 Å².